The molecule has 3 aromatic rings. The molecule has 4 rings (SSSR count). The average molecular weight is 398 g/mol. The van der Waals surface area contributed by atoms with Gasteiger partial charge in [-0.25, -0.2) is 4.98 Å². The number of hydrogen-bond acceptors (Lipinski definition) is 4. The first kappa shape index (κ1) is 19.0. The van der Waals surface area contributed by atoms with Crippen LogP contribution in [0.15, 0.2) is 24.7 Å². The second-order valence-electron chi connectivity index (χ2n) is 7.98. The van der Waals surface area contributed by atoms with Crippen LogP contribution in [0.4, 0.5) is 0 Å². The summed E-state index contributed by atoms with van der Waals surface area (Å²) in [4.78, 5) is 6.88. The molecular formula is C21H24ClN5O. The summed E-state index contributed by atoms with van der Waals surface area (Å²) in [5.41, 5.74) is 2.51. The molecule has 1 saturated heterocycles. The Hall–Kier alpha value is -2.33. The summed E-state index contributed by atoms with van der Waals surface area (Å²) in [5, 5.41) is 18.3. The molecule has 1 aliphatic heterocycles. The summed E-state index contributed by atoms with van der Waals surface area (Å²) in [6, 6.07) is 2.39. The summed E-state index contributed by atoms with van der Waals surface area (Å²) in [7, 11) is 2.16. The first-order chi connectivity index (χ1) is 13.3. The lowest BCUT2D eigenvalue weighted by atomic mass is 10.1. The van der Waals surface area contributed by atoms with Crippen LogP contribution in [0.1, 0.15) is 38.4 Å². The van der Waals surface area contributed by atoms with Crippen LogP contribution in [0.2, 0.25) is 5.15 Å². The molecular weight excluding hydrogens is 374 g/mol. The zero-order chi connectivity index (χ0) is 19.9. The highest BCUT2D eigenvalue weighted by atomic mass is 35.5. The Morgan fingerprint density at radius 1 is 1.25 bits per heavy atom. The summed E-state index contributed by atoms with van der Waals surface area (Å²) in [5.74, 6) is 5.80. The van der Waals surface area contributed by atoms with Gasteiger partial charge >= 0.3 is 0 Å². The number of aliphatic hydroxyl groups is 1. The largest absolute Gasteiger partial charge is 0.378 e. The van der Waals surface area contributed by atoms with E-state index in [0.717, 1.165) is 48.0 Å². The van der Waals surface area contributed by atoms with Gasteiger partial charge in [0.25, 0.3) is 0 Å². The fourth-order valence-electron chi connectivity index (χ4n) is 3.68. The lowest BCUT2D eigenvalue weighted by Gasteiger charge is -2.30. The second-order valence-corrected chi connectivity index (χ2v) is 8.36. The Morgan fingerprint density at radius 3 is 2.64 bits per heavy atom. The molecule has 1 aliphatic rings. The molecule has 0 unspecified atom stereocenters. The molecule has 0 aliphatic carbocycles. The van der Waals surface area contributed by atoms with Crippen LogP contribution in [0, 0.1) is 11.8 Å². The minimum atomic E-state index is -1.06. The van der Waals surface area contributed by atoms with E-state index in [2.05, 4.69) is 49.7 Å². The van der Waals surface area contributed by atoms with Gasteiger partial charge in [0, 0.05) is 28.8 Å². The van der Waals surface area contributed by atoms with E-state index in [1.165, 1.54) is 0 Å². The lowest BCUT2D eigenvalue weighted by molar-refractivity contribution is 0.143. The van der Waals surface area contributed by atoms with Gasteiger partial charge in [-0.3, -0.25) is 5.10 Å². The minimum absolute atomic E-state index is 0.424. The van der Waals surface area contributed by atoms with Crippen LogP contribution < -0.4 is 0 Å². The van der Waals surface area contributed by atoms with Crippen molar-refractivity contribution in [3.8, 4) is 23.0 Å². The molecule has 0 radical (unpaired) electrons. The number of aromatic amines is 1. The predicted molar refractivity (Wildman–Crippen MR) is 111 cm³/mol. The number of H-pyrrole nitrogens is 1. The van der Waals surface area contributed by atoms with E-state index in [-0.39, 0.29) is 0 Å². The minimum Gasteiger partial charge on any atom is -0.378 e. The SMILES string of the molecule is CN1CCC(n2cc(-c3cn[nH]c3Cl)c3cc(C#CC(C)(C)O)ncc32)CC1. The first-order valence-electron chi connectivity index (χ1n) is 9.46. The van der Waals surface area contributed by atoms with E-state index >= 15 is 0 Å². The Labute approximate surface area is 169 Å². The molecule has 146 valence electrons. The van der Waals surface area contributed by atoms with Crippen molar-refractivity contribution < 1.29 is 5.11 Å². The molecule has 0 atom stereocenters. The van der Waals surface area contributed by atoms with Crippen molar-refractivity contribution in [2.75, 3.05) is 20.1 Å². The molecule has 0 amide bonds. The molecule has 0 spiro atoms. The van der Waals surface area contributed by atoms with Gasteiger partial charge in [0.2, 0.25) is 0 Å². The number of pyridine rings is 1. The zero-order valence-corrected chi connectivity index (χ0v) is 17.1. The summed E-state index contributed by atoms with van der Waals surface area (Å²) in [6.45, 7) is 5.47. The fourth-order valence-corrected chi connectivity index (χ4v) is 3.88. The van der Waals surface area contributed by atoms with E-state index in [1.807, 2.05) is 12.3 Å². The highest BCUT2D eigenvalue weighted by Crippen LogP contribution is 2.37. The van der Waals surface area contributed by atoms with Crippen molar-refractivity contribution in [3.63, 3.8) is 0 Å². The van der Waals surface area contributed by atoms with Gasteiger partial charge in [-0.1, -0.05) is 17.5 Å². The first-order valence-corrected chi connectivity index (χ1v) is 9.83. The molecule has 1 fully saturated rings. The number of piperidine rings is 1. The number of nitrogens with zero attached hydrogens (tertiary/aromatic N) is 4. The van der Waals surface area contributed by atoms with Gasteiger partial charge < -0.3 is 14.6 Å². The average Bonchev–Trinajstić information content (AvgIpc) is 3.23. The molecule has 0 saturated carbocycles. The molecule has 6 nitrogen and oxygen atoms in total. The number of hydrogen-bond donors (Lipinski definition) is 2. The van der Waals surface area contributed by atoms with Crippen molar-refractivity contribution in [1.29, 1.82) is 0 Å². The summed E-state index contributed by atoms with van der Waals surface area (Å²) < 4.78 is 2.32. The van der Waals surface area contributed by atoms with Crippen molar-refractivity contribution >= 4 is 22.5 Å². The standard InChI is InChI=1S/C21H24ClN5O/c1-21(2,28)7-4-14-10-16-18(17-11-24-25-20(17)22)13-27(19(16)12-23-14)15-5-8-26(3)9-6-15/h10-13,15,28H,5-6,8-9H2,1-3H3,(H,24,25). The second kappa shape index (κ2) is 7.25. The Bertz CT molecular complexity index is 1060. The maximum absolute atomic E-state index is 9.89. The fraction of sp³-hybridized carbons (Fsp3) is 0.429. The third-order valence-corrected chi connectivity index (χ3v) is 5.47. The Morgan fingerprint density at radius 2 is 2.00 bits per heavy atom. The van der Waals surface area contributed by atoms with E-state index in [1.54, 1.807) is 20.0 Å². The van der Waals surface area contributed by atoms with Crippen LogP contribution in [0.25, 0.3) is 22.0 Å². The third kappa shape index (κ3) is 3.79. The van der Waals surface area contributed by atoms with Gasteiger partial charge in [0.1, 0.15) is 16.4 Å². The predicted octanol–water partition coefficient (Wildman–Crippen LogP) is 3.47. The molecule has 0 aromatic carbocycles. The van der Waals surface area contributed by atoms with Crippen molar-refractivity contribution in [2.24, 2.45) is 0 Å². The van der Waals surface area contributed by atoms with Gasteiger partial charge in [-0.2, -0.15) is 5.10 Å². The normalized spacial score (nSPS) is 16.3. The van der Waals surface area contributed by atoms with Crippen LogP contribution in [-0.4, -0.2) is 55.5 Å². The number of fused-ring (bicyclic) bond motifs is 1. The molecule has 0 bridgehead atoms. The third-order valence-electron chi connectivity index (χ3n) is 5.18. The summed E-state index contributed by atoms with van der Waals surface area (Å²) in [6.07, 6.45) is 7.97. The van der Waals surface area contributed by atoms with Crippen molar-refractivity contribution in [2.45, 2.75) is 38.3 Å². The van der Waals surface area contributed by atoms with Crippen LogP contribution >= 0.6 is 11.6 Å². The highest BCUT2D eigenvalue weighted by Gasteiger charge is 2.23. The Kier molecular flexibility index (Phi) is 4.92. The number of aromatic nitrogens is 4. The van der Waals surface area contributed by atoms with Crippen LogP contribution in [0.5, 0.6) is 0 Å². The number of nitrogens with one attached hydrogen (secondary N) is 1. The smallest absolute Gasteiger partial charge is 0.132 e. The quantitative estimate of drug-likeness (QED) is 0.649. The monoisotopic (exact) mass is 397 g/mol. The van der Waals surface area contributed by atoms with Gasteiger partial charge in [0.05, 0.1) is 17.9 Å². The van der Waals surface area contributed by atoms with Gasteiger partial charge in [-0.15, -0.1) is 0 Å². The van der Waals surface area contributed by atoms with Gasteiger partial charge in [0.15, 0.2) is 0 Å². The Balaban J connectivity index is 1.85. The van der Waals surface area contributed by atoms with Crippen LogP contribution in [-0.2, 0) is 0 Å². The molecule has 7 heteroatoms. The number of likely N-dealkylation sites (tertiary alicyclic amines) is 1. The lowest BCUT2D eigenvalue weighted by Crippen LogP contribution is -2.31. The molecule has 3 aromatic heterocycles. The van der Waals surface area contributed by atoms with E-state index in [0.29, 0.717) is 16.9 Å². The van der Waals surface area contributed by atoms with Gasteiger partial charge in [-0.05, 0) is 58.8 Å². The van der Waals surface area contributed by atoms with Crippen molar-refractivity contribution in [3.05, 3.63) is 35.5 Å². The number of rotatable bonds is 2. The highest BCUT2D eigenvalue weighted by molar-refractivity contribution is 6.32. The molecule has 2 N–H and O–H groups in total. The van der Waals surface area contributed by atoms with E-state index < -0.39 is 5.60 Å². The van der Waals surface area contributed by atoms with E-state index in [9.17, 15) is 5.11 Å². The summed E-state index contributed by atoms with van der Waals surface area (Å²) >= 11 is 6.34. The maximum Gasteiger partial charge on any atom is 0.132 e. The zero-order valence-electron chi connectivity index (χ0n) is 16.3. The molecule has 4 heterocycles. The van der Waals surface area contributed by atoms with E-state index in [4.69, 9.17) is 11.6 Å². The maximum atomic E-state index is 9.89. The topological polar surface area (TPSA) is 70.0 Å². The number of halogens is 1. The van der Waals surface area contributed by atoms with Crippen LogP contribution in [0.3, 0.4) is 0 Å². The molecule has 28 heavy (non-hydrogen) atoms. The van der Waals surface area contributed by atoms with Crippen molar-refractivity contribution in [1.82, 2.24) is 24.6 Å².